The van der Waals surface area contributed by atoms with Crippen LogP contribution in [0.15, 0.2) is 0 Å². The number of rotatable bonds is 5. The van der Waals surface area contributed by atoms with Crippen LogP contribution in [-0.4, -0.2) is 36.9 Å². The minimum atomic E-state index is -0.229. The predicted molar refractivity (Wildman–Crippen MR) is 48.2 cm³/mol. The summed E-state index contributed by atoms with van der Waals surface area (Å²) in [6.07, 6.45) is 2.15. The summed E-state index contributed by atoms with van der Waals surface area (Å²) in [5.41, 5.74) is 0. The van der Waals surface area contributed by atoms with Crippen LogP contribution in [0.25, 0.3) is 0 Å². The van der Waals surface area contributed by atoms with Gasteiger partial charge in [-0.1, -0.05) is 0 Å². The monoisotopic (exact) mass is 187 g/mol. The first-order valence-electron chi connectivity index (χ1n) is 4.63. The average Bonchev–Trinajstić information content (AvgIpc) is 2.95. The average molecular weight is 187 g/mol. The van der Waals surface area contributed by atoms with Gasteiger partial charge in [0.25, 0.3) is 0 Å². The van der Waals surface area contributed by atoms with Gasteiger partial charge < -0.3 is 9.84 Å². The lowest BCUT2D eigenvalue weighted by Crippen LogP contribution is -2.45. The summed E-state index contributed by atoms with van der Waals surface area (Å²) in [4.78, 5) is 11.3. The molecule has 1 aliphatic carbocycles. The van der Waals surface area contributed by atoms with Gasteiger partial charge in [0, 0.05) is 6.04 Å². The molecule has 0 aromatic rings. The first-order valence-corrected chi connectivity index (χ1v) is 4.63. The molecule has 1 saturated carbocycles. The van der Waals surface area contributed by atoms with Crippen LogP contribution in [0.5, 0.6) is 0 Å². The van der Waals surface area contributed by atoms with Gasteiger partial charge in [-0.25, -0.2) is 0 Å². The van der Waals surface area contributed by atoms with E-state index in [4.69, 9.17) is 5.11 Å². The van der Waals surface area contributed by atoms with Crippen molar-refractivity contribution < 1.29 is 14.6 Å². The Balaban J connectivity index is 2.42. The molecule has 0 aromatic carbocycles. The number of nitrogens with one attached hydrogen (secondary N) is 1. The van der Waals surface area contributed by atoms with E-state index in [0.717, 1.165) is 12.8 Å². The molecule has 0 bridgehead atoms. The van der Waals surface area contributed by atoms with Crippen molar-refractivity contribution in [2.45, 2.75) is 31.8 Å². The standard InChI is InChI=1S/C9H17NO3/c1-6(5-11)10-8(7-3-4-7)9(12)13-2/h6-8,10-11H,3-5H2,1-2H3. The molecule has 0 radical (unpaired) electrons. The largest absolute Gasteiger partial charge is 0.468 e. The van der Waals surface area contributed by atoms with Gasteiger partial charge in [0.2, 0.25) is 0 Å². The minimum Gasteiger partial charge on any atom is -0.468 e. The molecule has 1 rings (SSSR count). The third kappa shape index (κ3) is 2.97. The molecular weight excluding hydrogens is 170 g/mol. The molecule has 4 heteroatoms. The number of aliphatic hydroxyl groups is 1. The maximum Gasteiger partial charge on any atom is 0.323 e. The molecule has 0 saturated heterocycles. The van der Waals surface area contributed by atoms with Gasteiger partial charge in [-0.2, -0.15) is 0 Å². The van der Waals surface area contributed by atoms with Crippen molar-refractivity contribution in [3.63, 3.8) is 0 Å². The van der Waals surface area contributed by atoms with E-state index in [0.29, 0.717) is 5.92 Å². The summed E-state index contributed by atoms with van der Waals surface area (Å²) >= 11 is 0. The van der Waals surface area contributed by atoms with Crippen molar-refractivity contribution in [3.8, 4) is 0 Å². The lowest BCUT2D eigenvalue weighted by atomic mass is 10.1. The SMILES string of the molecule is COC(=O)C(NC(C)CO)C1CC1. The summed E-state index contributed by atoms with van der Waals surface area (Å²) in [5.74, 6) is 0.184. The Kier molecular flexibility index (Phi) is 3.69. The van der Waals surface area contributed by atoms with Crippen LogP contribution in [0.2, 0.25) is 0 Å². The summed E-state index contributed by atoms with van der Waals surface area (Å²) in [6.45, 7) is 1.89. The molecule has 0 aromatic heterocycles. The molecular formula is C9H17NO3. The van der Waals surface area contributed by atoms with Crippen molar-refractivity contribution in [3.05, 3.63) is 0 Å². The fraction of sp³-hybridized carbons (Fsp3) is 0.889. The maximum absolute atomic E-state index is 11.3. The smallest absolute Gasteiger partial charge is 0.323 e. The Labute approximate surface area is 78.3 Å². The molecule has 0 spiro atoms. The second-order valence-electron chi connectivity index (χ2n) is 3.59. The lowest BCUT2D eigenvalue weighted by molar-refractivity contribution is -0.144. The Bertz CT molecular complexity index is 180. The number of methoxy groups -OCH3 is 1. The van der Waals surface area contributed by atoms with Crippen LogP contribution in [-0.2, 0) is 9.53 Å². The zero-order valence-corrected chi connectivity index (χ0v) is 8.12. The van der Waals surface area contributed by atoms with E-state index in [2.05, 4.69) is 10.1 Å². The van der Waals surface area contributed by atoms with Gasteiger partial charge in [0.05, 0.1) is 13.7 Å². The topological polar surface area (TPSA) is 58.6 Å². The van der Waals surface area contributed by atoms with Crippen LogP contribution in [0.4, 0.5) is 0 Å². The first kappa shape index (κ1) is 10.5. The molecule has 0 amide bonds. The number of carbonyl (C=O) groups excluding carboxylic acids is 1. The Hall–Kier alpha value is -0.610. The van der Waals surface area contributed by atoms with E-state index >= 15 is 0 Å². The molecule has 13 heavy (non-hydrogen) atoms. The third-order valence-electron chi connectivity index (χ3n) is 2.29. The minimum absolute atomic E-state index is 0.0419. The van der Waals surface area contributed by atoms with E-state index in [9.17, 15) is 4.79 Å². The van der Waals surface area contributed by atoms with Gasteiger partial charge in [-0.05, 0) is 25.7 Å². The van der Waals surface area contributed by atoms with Crippen LogP contribution < -0.4 is 5.32 Å². The molecule has 2 atom stereocenters. The highest BCUT2D eigenvalue weighted by atomic mass is 16.5. The summed E-state index contributed by atoms with van der Waals surface area (Å²) in [5, 5.41) is 11.9. The van der Waals surface area contributed by atoms with Crippen LogP contribution >= 0.6 is 0 Å². The molecule has 1 fully saturated rings. The van der Waals surface area contributed by atoms with Crippen molar-refractivity contribution in [2.24, 2.45) is 5.92 Å². The Morgan fingerprint density at radius 3 is 2.69 bits per heavy atom. The highest BCUT2D eigenvalue weighted by molar-refractivity contribution is 5.76. The van der Waals surface area contributed by atoms with Crippen molar-refractivity contribution in [1.29, 1.82) is 0 Å². The predicted octanol–water partition coefficient (Wildman–Crippen LogP) is -0.0916. The molecule has 0 heterocycles. The van der Waals surface area contributed by atoms with Gasteiger partial charge >= 0.3 is 5.97 Å². The van der Waals surface area contributed by atoms with Gasteiger partial charge in [-0.15, -0.1) is 0 Å². The molecule has 2 N–H and O–H groups in total. The number of carbonyl (C=O) groups is 1. The van der Waals surface area contributed by atoms with Crippen molar-refractivity contribution in [1.82, 2.24) is 5.32 Å². The number of ether oxygens (including phenoxy) is 1. The maximum atomic E-state index is 11.3. The number of aliphatic hydroxyl groups excluding tert-OH is 1. The lowest BCUT2D eigenvalue weighted by Gasteiger charge is -2.19. The number of hydrogen-bond donors (Lipinski definition) is 2. The van der Waals surface area contributed by atoms with Crippen molar-refractivity contribution in [2.75, 3.05) is 13.7 Å². The quantitative estimate of drug-likeness (QED) is 0.590. The van der Waals surface area contributed by atoms with E-state index in [1.54, 1.807) is 0 Å². The molecule has 0 aliphatic heterocycles. The van der Waals surface area contributed by atoms with E-state index in [-0.39, 0.29) is 24.7 Å². The van der Waals surface area contributed by atoms with Crippen LogP contribution in [0, 0.1) is 5.92 Å². The van der Waals surface area contributed by atoms with E-state index < -0.39 is 0 Å². The van der Waals surface area contributed by atoms with Crippen LogP contribution in [0.1, 0.15) is 19.8 Å². The normalized spacial score (nSPS) is 20.8. The van der Waals surface area contributed by atoms with Crippen LogP contribution in [0.3, 0.4) is 0 Å². The zero-order chi connectivity index (χ0) is 9.84. The summed E-state index contributed by atoms with van der Waals surface area (Å²) < 4.78 is 4.68. The van der Waals surface area contributed by atoms with Gasteiger partial charge in [0.15, 0.2) is 0 Å². The van der Waals surface area contributed by atoms with Gasteiger partial charge in [-0.3, -0.25) is 10.1 Å². The van der Waals surface area contributed by atoms with E-state index in [1.807, 2.05) is 6.92 Å². The molecule has 1 aliphatic rings. The highest BCUT2D eigenvalue weighted by Crippen LogP contribution is 2.33. The summed E-state index contributed by atoms with van der Waals surface area (Å²) in [6, 6.07) is -0.281. The first-order chi connectivity index (χ1) is 6.19. The second kappa shape index (κ2) is 4.58. The molecule has 2 unspecified atom stereocenters. The molecule has 4 nitrogen and oxygen atoms in total. The Morgan fingerprint density at radius 1 is 1.69 bits per heavy atom. The third-order valence-corrected chi connectivity index (χ3v) is 2.29. The van der Waals surface area contributed by atoms with E-state index in [1.165, 1.54) is 7.11 Å². The summed E-state index contributed by atoms with van der Waals surface area (Å²) in [7, 11) is 1.39. The fourth-order valence-electron chi connectivity index (χ4n) is 1.31. The molecule has 76 valence electrons. The highest BCUT2D eigenvalue weighted by Gasteiger charge is 2.37. The Morgan fingerprint density at radius 2 is 2.31 bits per heavy atom. The fourth-order valence-corrected chi connectivity index (χ4v) is 1.31. The van der Waals surface area contributed by atoms with Gasteiger partial charge in [0.1, 0.15) is 6.04 Å². The second-order valence-corrected chi connectivity index (χ2v) is 3.59. The van der Waals surface area contributed by atoms with Crippen molar-refractivity contribution >= 4 is 5.97 Å². The number of hydrogen-bond acceptors (Lipinski definition) is 4. The number of esters is 1. The zero-order valence-electron chi connectivity index (χ0n) is 8.12.